The molecule has 0 aliphatic carbocycles. The van der Waals surface area contributed by atoms with Crippen LogP contribution in [0.2, 0.25) is 5.02 Å². The lowest BCUT2D eigenvalue weighted by atomic mass is 10.3. The molecule has 0 saturated heterocycles. The molecule has 0 atom stereocenters. The van der Waals surface area contributed by atoms with Crippen LogP contribution in [0.4, 0.5) is 23.2 Å². The van der Waals surface area contributed by atoms with Gasteiger partial charge in [0, 0.05) is 6.07 Å². The Morgan fingerprint density at radius 1 is 1.00 bits per heavy atom. The van der Waals surface area contributed by atoms with Crippen LogP contribution in [0.1, 0.15) is 12.8 Å². The summed E-state index contributed by atoms with van der Waals surface area (Å²) in [5, 5.41) is -0.646. The van der Waals surface area contributed by atoms with Gasteiger partial charge < -0.3 is 0 Å². The standard InChI is InChI=1S/C12H13ClF4INO4S2/c13-10-9(7-8(16)11(17)12(10)18)19(24(20,21)5-1-3-14)25(22,23)6-2-4-15/h7H,1-6H2. The molecule has 1 aromatic rings. The quantitative estimate of drug-likeness (QED) is 0.210. The topological polar surface area (TPSA) is 71.5 Å². The Balaban J connectivity index is 3.64. The molecule has 0 aliphatic rings. The van der Waals surface area contributed by atoms with Gasteiger partial charge in [0.25, 0.3) is 0 Å². The predicted molar refractivity (Wildman–Crippen MR) is 95.3 cm³/mol. The SMILES string of the molecule is O=S(=O)(CCCF)N(c1cc(F)c(F)c(I)c1Cl)S(=O)(=O)CCCF. The zero-order chi connectivity index (χ0) is 19.4. The van der Waals surface area contributed by atoms with E-state index in [2.05, 4.69) is 0 Å². The van der Waals surface area contributed by atoms with E-state index in [-0.39, 0.29) is 3.71 Å². The fourth-order valence-electron chi connectivity index (χ4n) is 1.81. The second kappa shape index (κ2) is 9.04. The number of nitrogens with zero attached hydrogens (tertiary/aromatic N) is 1. The lowest BCUT2D eigenvalue weighted by Gasteiger charge is -2.25. The second-order valence-electron chi connectivity index (χ2n) is 4.73. The van der Waals surface area contributed by atoms with E-state index in [1.165, 1.54) is 22.6 Å². The fraction of sp³-hybridized carbons (Fsp3) is 0.500. The first-order valence-electron chi connectivity index (χ1n) is 6.70. The van der Waals surface area contributed by atoms with Crippen molar-refractivity contribution < 1.29 is 34.4 Å². The van der Waals surface area contributed by atoms with Gasteiger partial charge in [-0.2, -0.15) is 3.71 Å². The number of halogens is 6. The Morgan fingerprint density at radius 2 is 1.44 bits per heavy atom. The fourth-order valence-corrected chi connectivity index (χ4v) is 6.66. The van der Waals surface area contributed by atoms with E-state index in [9.17, 15) is 34.4 Å². The number of benzene rings is 1. The van der Waals surface area contributed by atoms with Crippen LogP contribution in [0.15, 0.2) is 6.07 Å². The molecule has 0 N–H and O–H groups in total. The summed E-state index contributed by atoms with van der Waals surface area (Å²) in [7, 11) is -9.38. The first-order valence-corrected chi connectivity index (χ1v) is 11.4. The molecule has 0 unspecified atom stereocenters. The smallest absolute Gasteiger partial charge is 0.248 e. The van der Waals surface area contributed by atoms with Gasteiger partial charge in [-0.25, -0.2) is 25.6 Å². The zero-order valence-corrected chi connectivity index (χ0v) is 17.0. The maximum Gasteiger partial charge on any atom is 0.248 e. The van der Waals surface area contributed by atoms with Crippen LogP contribution < -0.4 is 3.71 Å². The van der Waals surface area contributed by atoms with Crippen molar-refractivity contribution in [2.45, 2.75) is 12.8 Å². The van der Waals surface area contributed by atoms with Crippen molar-refractivity contribution in [3.05, 3.63) is 26.3 Å². The molecular formula is C12H13ClF4INO4S2. The molecule has 1 aromatic carbocycles. The first-order chi connectivity index (χ1) is 11.5. The van der Waals surface area contributed by atoms with Crippen LogP contribution in [0, 0.1) is 15.2 Å². The lowest BCUT2D eigenvalue weighted by molar-refractivity contribution is 0.482. The van der Waals surface area contributed by atoms with Gasteiger partial charge in [0.2, 0.25) is 20.0 Å². The molecule has 0 spiro atoms. The van der Waals surface area contributed by atoms with Gasteiger partial charge in [-0.15, -0.1) is 0 Å². The maximum atomic E-state index is 13.7. The summed E-state index contributed by atoms with van der Waals surface area (Å²) in [5.41, 5.74) is -0.831. The summed E-state index contributed by atoms with van der Waals surface area (Å²) >= 11 is 7.10. The van der Waals surface area contributed by atoms with E-state index >= 15 is 0 Å². The normalized spacial score (nSPS) is 12.4. The van der Waals surface area contributed by atoms with Crippen LogP contribution >= 0.6 is 34.2 Å². The third kappa shape index (κ3) is 5.32. The van der Waals surface area contributed by atoms with Gasteiger partial charge in [-0.3, -0.25) is 8.78 Å². The van der Waals surface area contributed by atoms with Crippen molar-refractivity contribution in [3.63, 3.8) is 0 Å². The van der Waals surface area contributed by atoms with E-state index < -0.39 is 83.7 Å². The Bertz CT molecular complexity index is 798. The summed E-state index contributed by atoms with van der Waals surface area (Å²) < 4.78 is 101. The molecule has 0 heterocycles. The monoisotopic (exact) mass is 537 g/mol. The third-order valence-electron chi connectivity index (χ3n) is 2.86. The van der Waals surface area contributed by atoms with E-state index in [0.29, 0.717) is 6.07 Å². The highest BCUT2D eigenvalue weighted by Gasteiger charge is 2.36. The van der Waals surface area contributed by atoms with Crippen molar-refractivity contribution in [2.24, 2.45) is 0 Å². The van der Waals surface area contributed by atoms with Gasteiger partial charge in [0.15, 0.2) is 11.6 Å². The molecule has 0 fully saturated rings. The molecule has 5 nitrogen and oxygen atoms in total. The Morgan fingerprint density at radius 3 is 1.84 bits per heavy atom. The van der Waals surface area contributed by atoms with Gasteiger partial charge in [-0.05, 0) is 35.4 Å². The molecule has 1 rings (SSSR count). The van der Waals surface area contributed by atoms with E-state index in [4.69, 9.17) is 11.6 Å². The molecule has 0 bridgehead atoms. The number of hydrogen-bond donors (Lipinski definition) is 0. The van der Waals surface area contributed by atoms with Crippen molar-refractivity contribution >= 4 is 59.9 Å². The maximum absolute atomic E-state index is 13.7. The Hall–Kier alpha value is -0.340. The van der Waals surface area contributed by atoms with E-state index in [1.54, 1.807) is 0 Å². The molecule has 25 heavy (non-hydrogen) atoms. The van der Waals surface area contributed by atoms with Crippen LogP contribution in [0.3, 0.4) is 0 Å². The minimum Gasteiger partial charge on any atom is -0.251 e. The summed E-state index contributed by atoms with van der Waals surface area (Å²) in [4.78, 5) is 0. The van der Waals surface area contributed by atoms with Crippen LogP contribution in [0.5, 0.6) is 0 Å². The van der Waals surface area contributed by atoms with Gasteiger partial charge >= 0.3 is 0 Å². The zero-order valence-electron chi connectivity index (χ0n) is 12.5. The highest BCUT2D eigenvalue weighted by atomic mass is 127. The number of anilines is 1. The Labute approximate surface area is 161 Å². The predicted octanol–water partition coefficient (Wildman–Crippen LogP) is 3.41. The number of alkyl halides is 2. The summed E-state index contributed by atoms with van der Waals surface area (Å²) in [6.07, 6.45) is -1.04. The number of sulfonamides is 2. The van der Waals surface area contributed by atoms with Gasteiger partial charge in [0.05, 0.1) is 39.1 Å². The molecule has 0 radical (unpaired) electrons. The van der Waals surface area contributed by atoms with Crippen LogP contribution in [0.25, 0.3) is 0 Å². The van der Waals surface area contributed by atoms with Crippen molar-refractivity contribution in [1.82, 2.24) is 0 Å². The molecular weight excluding hydrogens is 525 g/mol. The second-order valence-corrected chi connectivity index (χ2v) is 10.3. The molecule has 0 saturated carbocycles. The van der Waals surface area contributed by atoms with Gasteiger partial charge in [-0.1, -0.05) is 11.6 Å². The molecule has 0 amide bonds. The summed E-state index contributed by atoms with van der Waals surface area (Å²) in [5.74, 6) is -4.72. The van der Waals surface area contributed by atoms with Crippen LogP contribution in [-0.2, 0) is 20.0 Å². The minimum absolute atomic E-state index is 0.168. The largest absolute Gasteiger partial charge is 0.251 e. The average Bonchev–Trinajstić information content (AvgIpc) is 2.53. The van der Waals surface area contributed by atoms with Crippen molar-refractivity contribution in [1.29, 1.82) is 0 Å². The molecule has 0 aromatic heterocycles. The highest BCUT2D eigenvalue weighted by Crippen LogP contribution is 2.37. The third-order valence-corrected chi connectivity index (χ3v) is 8.95. The lowest BCUT2D eigenvalue weighted by Crippen LogP contribution is -2.40. The summed E-state index contributed by atoms with van der Waals surface area (Å²) in [6.45, 7) is -2.08. The number of hydrogen-bond acceptors (Lipinski definition) is 4. The first kappa shape index (κ1) is 22.7. The van der Waals surface area contributed by atoms with Gasteiger partial charge in [0.1, 0.15) is 0 Å². The van der Waals surface area contributed by atoms with Crippen LogP contribution in [-0.4, -0.2) is 41.7 Å². The van der Waals surface area contributed by atoms with Crippen molar-refractivity contribution in [3.8, 4) is 0 Å². The average molecular weight is 538 g/mol. The molecule has 144 valence electrons. The van der Waals surface area contributed by atoms with E-state index in [1.807, 2.05) is 0 Å². The van der Waals surface area contributed by atoms with Crippen molar-refractivity contribution in [2.75, 3.05) is 28.6 Å². The molecule has 0 aliphatic heterocycles. The molecule has 13 heteroatoms. The number of rotatable bonds is 9. The highest BCUT2D eigenvalue weighted by molar-refractivity contribution is 14.1. The minimum atomic E-state index is -4.69. The van der Waals surface area contributed by atoms with E-state index in [0.717, 1.165) is 0 Å². The Kier molecular flexibility index (Phi) is 8.21. The summed E-state index contributed by atoms with van der Waals surface area (Å²) in [6, 6.07) is 0.319.